The Bertz CT molecular complexity index is 818. The average Bonchev–Trinajstić information content (AvgIpc) is 2.88. The molecule has 0 atom stereocenters. The molecule has 0 saturated carbocycles. The first-order chi connectivity index (χ1) is 12.6. The summed E-state index contributed by atoms with van der Waals surface area (Å²) < 4.78 is 5.47. The normalized spacial score (nSPS) is 12.9. The quantitative estimate of drug-likeness (QED) is 0.598. The van der Waals surface area contributed by atoms with Gasteiger partial charge in [0.2, 0.25) is 5.91 Å². The number of carbonyl (C=O) groups is 3. The van der Waals surface area contributed by atoms with Crippen molar-refractivity contribution in [2.75, 3.05) is 19.7 Å². The number of nitrogens with one attached hydrogen (secondary N) is 1. The van der Waals surface area contributed by atoms with Crippen molar-refractivity contribution in [3.05, 3.63) is 64.7 Å². The number of fused-ring (bicyclic) bond motifs is 1. The monoisotopic (exact) mass is 372 g/mol. The molecule has 1 heterocycles. The van der Waals surface area contributed by atoms with Gasteiger partial charge in [-0.15, -0.1) is 0 Å². The van der Waals surface area contributed by atoms with Crippen molar-refractivity contribution < 1.29 is 19.1 Å². The Labute approximate surface area is 155 Å². The highest BCUT2D eigenvalue weighted by atomic mass is 35.5. The van der Waals surface area contributed by atoms with Gasteiger partial charge >= 0.3 is 0 Å². The van der Waals surface area contributed by atoms with Crippen LogP contribution in [0.5, 0.6) is 5.75 Å². The number of ether oxygens (including phenoxy) is 1. The van der Waals surface area contributed by atoms with Crippen molar-refractivity contribution in [1.82, 2.24) is 10.2 Å². The molecule has 0 aromatic heterocycles. The first-order valence-electron chi connectivity index (χ1n) is 8.16. The summed E-state index contributed by atoms with van der Waals surface area (Å²) >= 11 is 5.86. The second kappa shape index (κ2) is 8.01. The Kier molecular flexibility index (Phi) is 5.53. The molecule has 0 aliphatic carbocycles. The molecule has 3 amide bonds. The molecule has 1 aliphatic heterocycles. The van der Waals surface area contributed by atoms with E-state index in [1.807, 2.05) is 0 Å². The molecule has 0 saturated heterocycles. The minimum atomic E-state index is -0.359. The second-order valence-electron chi connectivity index (χ2n) is 5.71. The topological polar surface area (TPSA) is 75.7 Å². The van der Waals surface area contributed by atoms with E-state index < -0.39 is 0 Å². The van der Waals surface area contributed by atoms with Gasteiger partial charge in [0, 0.05) is 18.0 Å². The van der Waals surface area contributed by atoms with Crippen LogP contribution in [0.2, 0.25) is 5.02 Å². The van der Waals surface area contributed by atoms with Crippen molar-refractivity contribution in [3.63, 3.8) is 0 Å². The van der Waals surface area contributed by atoms with Crippen LogP contribution in [0, 0.1) is 0 Å². The van der Waals surface area contributed by atoms with E-state index in [2.05, 4.69) is 5.32 Å². The summed E-state index contributed by atoms with van der Waals surface area (Å²) in [6, 6.07) is 13.6. The second-order valence-corrected chi connectivity index (χ2v) is 6.15. The van der Waals surface area contributed by atoms with Gasteiger partial charge in [-0.1, -0.05) is 29.8 Å². The van der Waals surface area contributed by atoms with Crippen LogP contribution in [0.4, 0.5) is 0 Å². The number of benzene rings is 2. The van der Waals surface area contributed by atoms with Crippen LogP contribution >= 0.6 is 11.6 Å². The minimum absolute atomic E-state index is 0.0443. The Balaban J connectivity index is 1.41. The number of nitrogens with zero attached hydrogens (tertiary/aromatic N) is 1. The third kappa shape index (κ3) is 4.03. The first kappa shape index (κ1) is 17.9. The highest BCUT2D eigenvalue weighted by Crippen LogP contribution is 2.22. The van der Waals surface area contributed by atoms with Crippen LogP contribution < -0.4 is 10.1 Å². The summed E-state index contributed by atoms with van der Waals surface area (Å²) in [6.45, 7) is 0.653. The third-order valence-corrected chi connectivity index (χ3v) is 4.16. The number of hydrogen-bond donors (Lipinski definition) is 1. The van der Waals surface area contributed by atoms with E-state index in [0.717, 1.165) is 4.90 Å². The summed E-state index contributed by atoms with van der Waals surface area (Å²) in [5.41, 5.74) is 0.765. The lowest BCUT2D eigenvalue weighted by atomic mass is 10.1. The average molecular weight is 373 g/mol. The Hall–Kier alpha value is -2.86. The molecule has 26 heavy (non-hydrogen) atoms. The van der Waals surface area contributed by atoms with Gasteiger partial charge in [-0.3, -0.25) is 19.3 Å². The Morgan fingerprint density at radius 1 is 1.04 bits per heavy atom. The number of amides is 3. The van der Waals surface area contributed by atoms with E-state index in [1.165, 1.54) is 0 Å². The van der Waals surface area contributed by atoms with Crippen LogP contribution in [0.1, 0.15) is 27.1 Å². The SMILES string of the molecule is O=C(CCN1C(=O)c2ccccc2C1=O)NCCOc1cccc(Cl)c1. The van der Waals surface area contributed by atoms with Gasteiger partial charge in [0.05, 0.1) is 17.7 Å². The molecule has 1 N–H and O–H groups in total. The fraction of sp³-hybridized carbons (Fsp3) is 0.211. The van der Waals surface area contributed by atoms with Crippen LogP contribution in [0.15, 0.2) is 48.5 Å². The number of hydrogen-bond acceptors (Lipinski definition) is 4. The number of halogens is 1. The maximum absolute atomic E-state index is 12.2. The highest BCUT2D eigenvalue weighted by Gasteiger charge is 2.34. The molecule has 0 fully saturated rings. The molecule has 6 nitrogen and oxygen atoms in total. The summed E-state index contributed by atoms with van der Waals surface area (Å²) in [7, 11) is 0. The predicted octanol–water partition coefficient (Wildman–Crippen LogP) is 2.52. The van der Waals surface area contributed by atoms with Crippen LogP contribution in [-0.4, -0.2) is 42.3 Å². The van der Waals surface area contributed by atoms with Crippen molar-refractivity contribution in [3.8, 4) is 5.75 Å². The fourth-order valence-electron chi connectivity index (χ4n) is 2.66. The molecule has 0 spiro atoms. The van der Waals surface area contributed by atoms with Crippen LogP contribution in [0.25, 0.3) is 0 Å². The van der Waals surface area contributed by atoms with E-state index in [4.69, 9.17) is 16.3 Å². The van der Waals surface area contributed by atoms with Gasteiger partial charge in [-0.2, -0.15) is 0 Å². The highest BCUT2D eigenvalue weighted by molar-refractivity contribution is 6.30. The van der Waals surface area contributed by atoms with Crippen LogP contribution in [-0.2, 0) is 4.79 Å². The number of carbonyl (C=O) groups excluding carboxylic acids is 3. The molecule has 7 heteroatoms. The van der Waals surface area contributed by atoms with E-state index >= 15 is 0 Å². The van der Waals surface area contributed by atoms with Gasteiger partial charge in [0.25, 0.3) is 11.8 Å². The van der Waals surface area contributed by atoms with Crippen molar-refractivity contribution in [2.24, 2.45) is 0 Å². The minimum Gasteiger partial charge on any atom is -0.492 e. The molecule has 3 rings (SSSR count). The number of rotatable bonds is 7. The van der Waals surface area contributed by atoms with E-state index in [1.54, 1.807) is 48.5 Å². The van der Waals surface area contributed by atoms with E-state index in [-0.39, 0.29) is 30.7 Å². The molecule has 0 bridgehead atoms. The van der Waals surface area contributed by atoms with E-state index in [9.17, 15) is 14.4 Å². The smallest absolute Gasteiger partial charge is 0.261 e. The van der Waals surface area contributed by atoms with Crippen molar-refractivity contribution in [1.29, 1.82) is 0 Å². The van der Waals surface area contributed by atoms with Gasteiger partial charge in [0.1, 0.15) is 12.4 Å². The lowest BCUT2D eigenvalue weighted by Crippen LogP contribution is -2.35. The van der Waals surface area contributed by atoms with Gasteiger partial charge < -0.3 is 10.1 Å². The summed E-state index contributed by atoms with van der Waals surface area (Å²) in [5, 5.41) is 3.27. The van der Waals surface area contributed by atoms with Crippen molar-refractivity contribution >= 4 is 29.3 Å². The molecule has 0 radical (unpaired) electrons. The lowest BCUT2D eigenvalue weighted by molar-refractivity contribution is -0.121. The standard InChI is InChI=1S/C19H17ClN2O4/c20-13-4-3-5-14(12-13)26-11-9-21-17(23)8-10-22-18(24)15-6-1-2-7-16(15)19(22)25/h1-7,12H,8-11H2,(H,21,23). The largest absolute Gasteiger partial charge is 0.492 e. The Morgan fingerprint density at radius 3 is 2.38 bits per heavy atom. The summed E-state index contributed by atoms with van der Waals surface area (Å²) in [4.78, 5) is 37.4. The predicted molar refractivity (Wildman–Crippen MR) is 96.4 cm³/mol. The van der Waals surface area contributed by atoms with Crippen LogP contribution in [0.3, 0.4) is 0 Å². The van der Waals surface area contributed by atoms with Gasteiger partial charge in [-0.25, -0.2) is 0 Å². The molecule has 2 aromatic rings. The number of imide groups is 1. The lowest BCUT2D eigenvalue weighted by Gasteiger charge is -2.13. The molecular formula is C19H17ClN2O4. The fourth-order valence-corrected chi connectivity index (χ4v) is 2.84. The third-order valence-electron chi connectivity index (χ3n) is 3.93. The molecule has 1 aliphatic rings. The molecule has 2 aromatic carbocycles. The van der Waals surface area contributed by atoms with Crippen molar-refractivity contribution in [2.45, 2.75) is 6.42 Å². The van der Waals surface area contributed by atoms with E-state index in [0.29, 0.717) is 35.1 Å². The maximum Gasteiger partial charge on any atom is 0.261 e. The molecule has 134 valence electrons. The summed E-state index contributed by atoms with van der Waals surface area (Å²) in [5.74, 6) is -0.348. The van der Waals surface area contributed by atoms with Gasteiger partial charge in [-0.05, 0) is 30.3 Å². The summed E-state index contributed by atoms with van der Waals surface area (Å²) in [6.07, 6.45) is 0.0443. The molecular weight excluding hydrogens is 356 g/mol. The maximum atomic E-state index is 12.2. The molecule has 0 unspecified atom stereocenters. The zero-order chi connectivity index (χ0) is 18.5. The zero-order valence-corrected chi connectivity index (χ0v) is 14.7. The zero-order valence-electron chi connectivity index (χ0n) is 13.9. The van der Waals surface area contributed by atoms with Gasteiger partial charge in [0.15, 0.2) is 0 Å². The Morgan fingerprint density at radius 2 is 1.73 bits per heavy atom. The first-order valence-corrected chi connectivity index (χ1v) is 8.54.